The molecule has 1 heterocycles. The minimum atomic E-state index is 0.325. The first-order chi connectivity index (χ1) is 6.27. The van der Waals surface area contributed by atoms with Gasteiger partial charge in [-0.3, -0.25) is 0 Å². The SMILES string of the molecule is CNCC(NC)c1ccc(Br)nc1. The molecule has 0 aliphatic rings. The maximum Gasteiger partial charge on any atom is 0.106 e. The topological polar surface area (TPSA) is 37.0 Å². The third-order valence-electron chi connectivity index (χ3n) is 1.91. The van der Waals surface area contributed by atoms with Gasteiger partial charge in [-0.1, -0.05) is 6.07 Å². The van der Waals surface area contributed by atoms with Crippen LogP contribution in [0.2, 0.25) is 0 Å². The average molecular weight is 244 g/mol. The van der Waals surface area contributed by atoms with E-state index in [0.717, 1.165) is 11.1 Å². The van der Waals surface area contributed by atoms with Crippen LogP contribution in [0.4, 0.5) is 0 Å². The Morgan fingerprint density at radius 1 is 1.46 bits per heavy atom. The molecule has 0 aliphatic carbocycles. The minimum Gasteiger partial charge on any atom is -0.318 e. The normalized spacial score (nSPS) is 12.8. The largest absolute Gasteiger partial charge is 0.318 e. The molecule has 13 heavy (non-hydrogen) atoms. The van der Waals surface area contributed by atoms with Crippen LogP contribution >= 0.6 is 15.9 Å². The summed E-state index contributed by atoms with van der Waals surface area (Å²) in [4.78, 5) is 4.18. The summed E-state index contributed by atoms with van der Waals surface area (Å²) in [5.74, 6) is 0. The fourth-order valence-corrected chi connectivity index (χ4v) is 1.42. The summed E-state index contributed by atoms with van der Waals surface area (Å²) >= 11 is 3.31. The van der Waals surface area contributed by atoms with Gasteiger partial charge < -0.3 is 10.6 Å². The molecule has 1 rings (SSSR count). The lowest BCUT2D eigenvalue weighted by Crippen LogP contribution is -2.27. The third-order valence-corrected chi connectivity index (χ3v) is 2.38. The van der Waals surface area contributed by atoms with E-state index in [0.29, 0.717) is 6.04 Å². The van der Waals surface area contributed by atoms with E-state index in [4.69, 9.17) is 0 Å². The predicted octanol–water partition coefficient (Wildman–Crippen LogP) is 1.32. The zero-order valence-corrected chi connectivity index (χ0v) is 9.43. The van der Waals surface area contributed by atoms with Crippen molar-refractivity contribution in [1.82, 2.24) is 15.6 Å². The summed E-state index contributed by atoms with van der Waals surface area (Å²) in [7, 11) is 3.89. The minimum absolute atomic E-state index is 0.325. The van der Waals surface area contributed by atoms with Crippen molar-refractivity contribution >= 4 is 15.9 Å². The van der Waals surface area contributed by atoms with Crippen molar-refractivity contribution in [1.29, 1.82) is 0 Å². The first-order valence-corrected chi connectivity index (χ1v) is 5.00. The maximum absolute atomic E-state index is 4.18. The summed E-state index contributed by atoms with van der Waals surface area (Å²) in [6.07, 6.45) is 1.88. The molecule has 1 aromatic heterocycles. The van der Waals surface area contributed by atoms with Crippen molar-refractivity contribution in [2.45, 2.75) is 6.04 Å². The lowest BCUT2D eigenvalue weighted by Gasteiger charge is -2.15. The Hall–Kier alpha value is -0.450. The lowest BCUT2D eigenvalue weighted by molar-refractivity contribution is 0.556. The van der Waals surface area contributed by atoms with E-state index in [1.165, 1.54) is 5.56 Å². The van der Waals surface area contributed by atoms with Gasteiger partial charge in [0.15, 0.2) is 0 Å². The Morgan fingerprint density at radius 3 is 2.69 bits per heavy atom. The molecule has 0 saturated heterocycles. The number of likely N-dealkylation sites (N-methyl/N-ethyl adjacent to an activating group) is 2. The van der Waals surface area contributed by atoms with E-state index >= 15 is 0 Å². The van der Waals surface area contributed by atoms with E-state index in [2.05, 4.69) is 37.6 Å². The van der Waals surface area contributed by atoms with Crippen molar-refractivity contribution in [3.05, 3.63) is 28.5 Å². The quantitative estimate of drug-likeness (QED) is 0.784. The molecule has 0 radical (unpaired) electrons. The van der Waals surface area contributed by atoms with Crippen molar-refractivity contribution in [3.8, 4) is 0 Å². The number of hydrogen-bond acceptors (Lipinski definition) is 3. The first-order valence-electron chi connectivity index (χ1n) is 4.21. The molecule has 0 spiro atoms. The Morgan fingerprint density at radius 2 is 2.23 bits per heavy atom. The summed E-state index contributed by atoms with van der Waals surface area (Å²) < 4.78 is 0.871. The van der Waals surface area contributed by atoms with Crippen molar-refractivity contribution in [3.63, 3.8) is 0 Å². The Balaban J connectivity index is 2.73. The van der Waals surface area contributed by atoms with Crippen LogP contribution in [0.1, 0.15) is 11.6 Å². The molecule has 72 valence electrons. The van der Waals surface area contributed by atoms with Crippen LogP contribution in [0.3, 0.4) is 0 Å². The van der Waals surface area contributed by atoms with Gasteiger partial charge in [-0.2, -0.15) is 0 Å². The molecule has 1 atom stereocenters. The van der Waals surface area contributed by atoms with Gasteiger partial charge in [-0.05, 0) is 41.7 Å². The fraction of sp³-hybridized carbons (Fsp3) is 0.444. The van der Waals surface area contributed by atoms with E-state index in [-0.39, 0.29) is 0 Å². The Kier molecular flexibility index (Phi) is 4.35. The second-order valence-corrected chi connectivity index (χ2v) is 3.63. The first kappa shape index (κ1) is 10.6. The Bertz CT molecular complexity index is 248. The van der Waals surface area contributed by atoms with Gasteiger partial charge in [0.2, 0.25) is 0 Å². The van der Waals surface area contributed by atoms with Gasteiger partial charge in [0.1, 0.15) is 4.60 Å². The van der Waals surface area contributed by atoms with Crippen molar-refractivity contribution in [2.24, 2.45) is 0 Å². The van der Waals surface area contributed by atoms with Crippen LogP contribution in [0, 0.1) is 0 Å². The highest BCUT2D eigenvalue weighted by atomic mass is 79.9. The zero-order valence-electron chi connectivity index (χ0n) is 7.84. The number of rotatable bonds is 4. The molecule has 0 saturated carbocycles. The highest BCUT2D eigenvalue weighted by Crippen LogP contribution is 2.12. The van der Waals surface area contributed by atoms with Crippen LogP contribution in [0.5, 0.6) is 0 Å². The molecular weight excluding hydrogens is 230 g/mol. The van der Waals surface area contributed by atoms with E-state index in [9.17, 15) is 0 Å². The van der Waals surface area contributed by atoms with Crippen LogP contribution in [-0.2, 0) is 0 Å². The summed E-state index contributed by atoms with van der Waals surface area (Å²) in [5, 5.41) is 6.35. The van der Waals surface area contributed by atoms with Crippen molar-refractivity contribution in [2.75, 3.05) is 20.6 Å². The number of pyridine rings is 1. The molecule has 2 N–H and O–H groups in total. The molecule has 0 fully saturated rings. The second-order valence-electron chi connectivity index (χ2n) is 2.81. The number of hydrogen-bond donors (Lipinski definition) is 2. The van der Waals surface area contributed by atoms with Gasteiger partial charge in [0.25, 0.3) is 0 Å². The number of nitrogens with zero attached hydrogens (tertiary/aromatic N) is 1. The van der Waals surface area contributed by atoms with Crippen LogP contribution in [0.15, 0.2) is 22.9 Å². The van der Waals surface area contributed by atoms with Crippen LogP contribution in [-0.4, -0.2) is 25.6 Å². The van der Waals surface area contributed by atoms with Gasteiger partial charge in [-0.15, -0.1) is 0 Å². The summed E-state index contributed by atoms with van der Waals surface area (Å²) in [5.41, 5.74) is 1.19. The zero-order chi connectivity index (χ0) is 9.68. The van der Waals surface area contributed by atoms with Crippen LogP contribution in [0.25, 0.3) is 0 Å². The summed E-state index contributed by atoms with van der Waals surface area (Å²) in [6.45, 7) is 0.903. The average Bonchev–Trinajstić information content (AvgIpc) is 2.16. The molecule has 0 bridgehead atoms. The molecular formula is C9H14BrN3. The van der Waals surface area contributed by atoms with E-state index in [1.54, 1.807) is 0 Å². The second kappa shape index (κ2) is 5.32. The van der Waals surface area contributed by atoms with Crippen molar-refractivity contribution < 1.29 is 0 Å². The monoisotopic (exact) mass is 243 g/mol. The Labute approximate surface area is 87.1 Å². The molecule has 0 aliphatic heterocycles. The van der Waals surface area contributed by atoms with Crippen LogP contribution < -0.4 is 10.6 Å². The standard InChI is InChI=1S/C9H14BrN3/c1-11-6-8(12-2)7-3-4-9(10)13-5-7/h3-5,8,11-12H,6H2,1-2H3. The third kappa shape index (κ3) is 3.06. The highest BCUT2D eigenvalue weighted by molar-refractivity contribution is 9.10. The molecule has 3 nitrogen and oxygen atoms in total. The lowest BCUT2D eigenvalue weighted by atomic mass is 10.1. The molecule has 0 aromatic carbocycles. The van der Waals surface area contributed by atoms with Gasteiger partial charge in [-0.25, -0.2) is 4.98 Å². The van der Waals surface area contributed by atoms with Gasteiger partial charge in [0.05, 0.1) is 0 Å². The number of aromatic nitrogens is 1. The predicted molar refractivity (Wildman–Crippen MR) is 57.7 cm³/mol. The van der Waals surface area contributed by atoms with Gasteiger partial charge in [0, 0.05) is 18.8 Å². The number of halogens is 1. The van der Waals surface area contributed by atoms with E-state index in [1.807, 2.05) is 26.4 Å². The maximum atomic E-state index is 4.18. The van der Waals surface area contributed by atoms with Gasteiger partial charge >= 0.3 is 0 Å². The molecule has 4 heteroatoms. The number of nitrogens with one attached hydrogen (secondary N) is 2. The smallest absolute Gasteiger partial charge is 0.106 e. The molecule has 0 amide bonds. The summed E-state index contributed by atoms with van der Waals surface area (Å²) in [6, 6.07) is 4.34. The molecule has 1 aromatic rings. The fourth-order valence-electron chi connectivity index (χ4n) is 1.18. The molecule has 1 unspecified atom stereocenters. The highest BCUT2D eigenvalue weighted by Gasteiger charge is 2.07. The van der Waals surface area contributed by atoms with E-state index < -0.39 is 0 Å².